The molecule has 0 bridgehead atoms. The number of carbonyl (C=O) groups is 1. The molecule has 0 saturated carbocycles. The molecular formula is C17H15ClN4O5S. The third-order valence-corrected chi connectivity index (χ3v) is 4.98. The molecule has 9 nitrogen and oxygen atoms in total. The minimum atomic E-state index is -4.08. The average Bonchev–Trinajstić information content (AvgIpc) is 3.12. The molecule has 2 aromatic carbocycles. The number of halogens is 1. The van der Waals surface area contributed by atoms with Gasteiger partial charge < -0.3 is 9.73 Å². The molecule has 3 aromatic rings. The van der Waals surface area contributed by atoms with E-state index in [1.165, 1.54) is 25.2 Å². The number of rotatable bonds is 4. The van der Waals surface area contributed by atoms with Crippen molar-refractivity contribution in [1.29, 1.82) is 0 Å². The molecule has 2 amide bonds. The number of anilines is 1. The number of primary sulfonamides is 1. The Labute approximate surface area is 165 Å². The second-order valence-electron chi connectivity index (χ2n) is 5.59. The van der Waals surface area contributed by atoms with Gasteiger partial charge in [0.25, 0.3) is 0 Å². The highest BCUT2D eigenvalue weighted by molar-refractivity contribution is 7.89. The fourth-order valence-corrected chi connectivity index (χ4v) is 3.35. The van der Waals surface area contributed by atoms with E-state index in [1.54, 1.807) is 30.3 Å². The molecule has 4 N–H and O–H groups in total. The predicted octanol–water partition coefficient (Wildman–Crippen LogP) is 2.84. The Morgan fingerprint density at radius 2 is 1.86 bits per heavy atom. The number of carbonyl (C=O) groups excluding carboxylic acids is 1. The Hall–Kier alpha value is -2.92. The summed E-state index contributed by atoms with van der Waals surface area (Å²) < 4.78 is 29.6. The lowest BCUT2D eigenvalue weighted by atomic mass is 10.1. The topological polar surface area (TPSA) is 139 Å². The molecule has 3 rings (SSSR count). The number of amides is 2. The molecule has 0 aliphatic carbocycles. The number of hydrogen-bond donors (Lipinski definition) is 3. The summed E-state index contributed by atoms with van der Waals surface area (Å²) in [5, 5.41) is 18.2. The first-order valence-electron chi connectivity index (χ1n) is 7.82. The van der Waals surface area contributed by atoms with E-state index in [2.05, 4.69) is 10.3 Å². The van der Waals surface area contributed by atoms with E-state index >= 15 is 0 Å². The van der Waals surface area contributed by atoms with Crippen molar-refractivity contribution in [3.8, 4) is 22.6 Å². The molecule has 0 saturated heterocycles. The number of benzene rings is 2. The molecule has 0 spiro atoms. The quantitative estimate of drug-likeness (QED) is 0.436. The standard InChI is InChI=1S/C17H15ClN4O5S/c1-20-16(23)22(24)17-21-14(12-4-2-3-5-13(12)28(19,25)26)15(27-17)10-6-8-11(18)9-7-10/h2-9,24H,1H3,(H,20,23)(H2,19,25,26). The Kier molecular flexibility index (Phi) is 5.38. The molecule has 1 aromatic heterocycles. The van der Waals surface area contributed by atoms with Crippen LogP contribution in [0.1, 0.15) is 0 Å². The Morgan fingerprint density at radius 3 is 2.46 bits per heavy atom. The number of sulfonamides is 1. The number of urea groups is 1. The van der Waals surface area contributed by atoms with Crippen LogP contribution in [0.2, 0.25) is 5.02 Å². The number of aromatic nitrogens is 1. The zero-order chi connectivity index (χ0) is 20.5. The summed E-state index contributed by atoms with van der Waals surface area (Å²) in [4.78, 5) is 15.6. The number of nitrogens with zero attached hydrogens (tertiary/aromatic N) is 2. The summed E-state index contributed by atoms with van der Waals surface area (Å²) in [5.74, 6) is 0.116. The zero-order valence-corrected chi connectivity index (χ0v) is 16.0. The van der Waals surface area contributed by atoms with Gasteiger partial charge in [-0.3, -0.25) is 5.21 Å². The fraction of sp³-hybridized carbons (Fsp3) is 0.0588. The van der Waals surface area contributed by atoms with Gasteiger partial charge in [0.05, 0.1) is 4.90 Å². The van der Waals surface area contributed by atoms with Crippen molar-refractivity contribution < 1.29 is 22.8 Å². The number of oxazole rings is 1. The molecule has 0 unspecified atom stereocenters. The average molecular weight is 423 g/mol. The van der Waals surface area contributed by atoms with Crippen LogP contribution < -0.4 is 15.5 Å². The Balaban J connectivity index is 2.27. The van der Waals surface area contributed by atoms with Crippen LogP contribution in [0.5, 0.6) is 0 Å². The fourth-order valence-electron chi connectivity index (χ4n) is 2.48. The van der Waals surface area contributed by atoms with Gasteiger partial charge in [0.1, 0.15) is 5.69 Å². The molecule has 11 heteroatoms. The van der Waals surface area contributed by atoms with E-state index in [0.717, 1.165) is 0 Å². The van der Waals surface area contributed by atoms with Crippen molar-refractivity contribution in [1.82, 2.24) is 10.3 Å². The van der Waals surface area contributed by atoms with Crippen molar-refractivity contribution in [3.05, 3.63) is 53.6 Å². The van der Waals surface area contributed by atoms with E-state index in [4.69, 9.17) is 21.2 Å². The van der Waals surface area contributed by atoms with Crippen molar-refractivity contribution in [3.63, 3.8) is 0 Å². The van der Waals surface area contributed by atoms with Crippen LogP contribution >= 0.6 is 11.6 Å². The Bertz CT molecular complexity index is 1130. The lowest BCUT2D eigenvalue weighted by molar-refractivity contribution is 0.197. The van der Waals surface area contributed by atoms with Crippen molar-refractivity contribution >= 4 is 33.7 Å². The molecule has 0 radical (unpaired) electrons. The molecule has 1 heterocycles. The third kappa shape index (κ3) is 3.85. The van der Waals surface area contributed by atoms with Crippen molar-refractivity contribution in [2.45, 2.75) is 4.90 Å². The van der Waals surface area contributed by atoms with Crippen molar-refractivity contribution in [2.24, 2.45) is 5.14 Å². The highest BCUT2D eigenvalue weighted by atomic mass is 35.5. The van der Waals surface area contributed by atoms with Gasteiger partial charge in [-0.05, 0) is 30.3 Å². The Morgan fingerprint density at radius 1 is 1.21 bits per heavy atom. The van der Waals surface area contributed by atoms with E-state index < -0.39 is 22.1 Å². The first kappa shape index (κ1) is 19.8. The van der Waals surface area contributed by atoms with E-state index in [-0.39, 0.29) is 27.0 Å². The summed E-state index contributed by atoms with van der Waals surface area (Å²) in [6.07, 6.45) is 0. The number of nitrogens with one attached hydrogen (secondary N) is 1. The smallest absolute Gasteiger partial charge is 0.349 e. The van der Waals surface area contributed by atoms with Gasteiger partial charge in [-0.1, -0.05) is 29.8 Å². The van der Waals surface area contributed by atoms with Gasteiger partial charge in [-0.2, -0.15) is 4.98 Å². The van der Waals surface area contributed by atoms with Crippen LogP contribution in [0.25, 0.3) is 22.6 Å². The molecule has 146 valence electrons. The normalized spacial score (nSPS) is 11.3. The molecule has 0 aliphatic heterocycles. The maximum atomic E-state index is 12.0. The minimum Gasteiger partial charge on any atom is -0.421 e. The van der Waals surface area contributed by atoms with Crippen LogP contribution in [0.15, 0.2) is 57.8 Å². The largest absolute Gasteiger partial charge is 0.421 e. The molecule has 0 atom stereocenters. The van der Waals surface area contributed by atoms with Gasteiger partial charge >= 0.3 is 12.0 Å². The maximum absolute atomic E-state index is 12.0. The maximum Gasteiger partial charge on any atom is 0.349 e. The summed E-state index contributed by atoms with van der Waals surface area (Å²) in [6.45, 7) is 0. The lowest BCUT2D eigenvalue weighted by Crippen LogP contribution is -2.35. The van der Waals surface area contributed by atoms with Gasteiger partial charge in [-0.15, -0.1) is 5.06 Å². The number of nitrogens with two attached hydrogens (primary N) is 1. The highest BCUT2D eigenvalue weighted by Crippen LogP contribution is 2.38. The lowest BCUT2D eigenvalue weighted by Gasteiger charge is -2.08. The van der Waals surface area contributed by atoms with Gasteiger partial charge in [-0.25, -0.2) is 18.4 Å². The van der Waals surface area contributed by atoms with E-state index in [1.807, 2.05) is 0 Å². The minimum absolute atomic E-state index is 0.0740. The summed E-state index contributed by atoms with van der Waals surface area (Å²) in [6, 6.07) is 11.0. The monoisotopic (exact) mass is 422 g/mol. The second kappa shape index (κ2) is 7.60. The second-order valence-corrected chi connectivity index (χ2v) is 7.56. The number of hydrogen-bond acceptors (Lipinski definition) is 6. The SMILES string of the molecule is CNC(=O)N(O)c1nc(-c2ccccc2S(N)(=O)=O)c(-c2ccc(Cl)cc2)o1. The van der Waals surface area contributed by atoms with Gasteiger partial charge in [0.2, 0.25) is 10.0 Å². The predicted molar refractivity (Wildman–Crippen MR) is 102 cm³/mol. The molecular weight excluding hydrogens is 408 g/mol. The van der Waals surface area contributed by atoms with Crippen LogP contribution in [0.4, 0.5) is 10.8 Å². The van der Waals surface area contributed by atoms with Gasteiger partial charge in [0.15, 0.2) is 5.76 Å². The molecule has 0 aliphatic rings. The van der Waals surface area contributed by atoms with E-state index in [0.29, 0.717) is 10.6 Å². The van der Waals surface area contributed by atoms with Crippen LogP contribution in [0.3, 0.4) is 0 Å². The first-order valence-corrected chi connectivity index (χ1v) is 9.74. The summed E-state index contributed by atoms with van der Waals surface area (Å²) in [7, 11) is -2.77. The van der Waals surface area contributed by atoms with Crippen LogP contribution in [-0.4, -0.2) is 31.7 Å². The van der Waals surface area contributed by atoms with Crippen molar-refractivity contribution in [2.75, 3.05) is 12.1 Å². The van der Waals surface area contributed by atoms with Crippen LogP contribution in [0, 0.1) is 0 Å². The summed E-state index contributed by atoms with van der Waals surface area (Å²) in [5.41, 5.74) is 0.716. The third-order valence-electron chi connectivity index (χ3n) is 3.76. The number of hydroxylamine groups is 1. The molecule has 28 heavy (non-hydrogen) atoms. The first-order chi connectivity index (χ1) is 13.2. The van der Waals surface area contributed by atoms with Gasteiger partial charge in [0, 0.05) is 23.2 Å². The highest BCUT2D eigenvalue weighted by Gasteiger charge is 2.26. The summed E-state index contributed by atoms with van der Waals surface area (Å²) >= 11 is 5.91. The van der Waals surface area contributed by atoms with E-state index in [9.17, 15) is 18.4 Å². The van der Waals surface area contributed by atoms with Crippen LogP contribution in [-0.2, 0) is 10.0 Å². The molecule has 0 fully saturated rings. The zero-order valence-electron chi connectivity index (χ0n) is 14.5.